The molecule has 1 aromatic heterocycles. The Morgan fingerprint density at radius 2 is 1.88 bits per heavy atom. The zero-order valence-corrected chi connectivity index (χ0v) is 13.9. The fourth-order valence-corrected chi connectivity index (χ4v) is 2.56. The second-order valence-corrected chi connectivity index (χ2v) is 5.92. The normalized spacial score (nSPS) is 10.9. The van der Waals surface area contributed by atoms with Crippen LogP contribution < -0.4 is 5.32 Å². The Morgan fingerprint density at radius 3 is 2.50 bits per heavy atom. The molecule has 24 heavy (non-hydrogen) atoms. The maximum Gasteiger partial charge on any atom is 0.248 e. The lowest BCUT2D eigenvalue weighted by molar-refractivity contribution is -0.111. The first-order valence-corrected chi connectivity index (χ1v) is 8.59. The highest BCUT2D eigenvalue weighted by Gasteiger charge is 2.02. The lowest BCUT2D eigenvalue weighted by Gasteiger charge is -2.03. The molecule has 0 aliphatic carbocycles. The van der Waals surface area contributed by atoms with Gasteiger partial charge >= 0.3 is 0 Å². The Kier molecular flexibility index (Phi) is 5.13. The van der Waals surface area contributed by atoms with Crippen molar-refractivity contribution in [3.63, 3.8) is 0 Å². The summed E-state index contributed by atoms with van der Waals surface area (Å²) in [6.07, 6.45) is 8.40. The molecular weight excluding hydrogens is 320 g/mol. The SMILES string of the molecule is CSc1ccc(/C=C/C(=O)Nc2ccc(-c3cnco3)cc2)cc1. The summed E-state index contributed by atoms with van der Waals surface area (Å²) in [5, 5.41) is 2.83. The summed E-state index contributed by atoms with van der Waals surface area (Å²) in [6.45, 7) is 0. The molecule has 0 fully saturated rings. The fourth-order valence-electron chi connectivity index (χ4n) is 2.15. The van der Waals surface area contributed by atoms with Gasteiger partial charge in [-0.3, -0.25) is 4.79 Å². The number of carbonyl (C=O) groups excluding carboxylic acids is 1. The van der Waals surface area contributed by atoms with Crippen LogP contribution in [0.15, 0.2) is 76.5 Å². The predicted octanol–water partition coefficient (Wildman–Crippen LogP) is 4.72. The molecule has 3 rings (SSSR count). The van der Waals surface area contributed by atoms with Gasteiger partial charge in [-0.15, -0.1) is 11.8 Å². The van der Waals surface area contributed by atoms with Crippen LogP contribution in [0.4, 0.5) is 5.69 Å². The second-order valence-electron chi connectivity index (χ2n) is 5.04. The number of hydrogen-bond donors (Lipinski definition) is 1. The summed E-state index contributed by atoms with van der Waals surface area (Å²) in [7, 11) is 0. The summed E-state index contributed by atoms with van der Waals surface area (Å²) in [4.78, 5) is 17.1. The van der Waals surface area contributed by atoms with E-state index in [-0.39, 0.29) is 5.91 Å². The van der Waals surface area contributed by atoms with Crippen molar-refractivity contribution in [1.82, 2.24) is 4.98 Å². The van der Waals surface area contributed by atoms with Gasteiger partial charge in [-0.2, -0.15) is 0 Å². The number of nitrogens with one attached hydrogen (secondary N) is 1. The highest BCUT2D eigenvalue weighted by molar-refractivity contribution is 7.98. The van der Waals surface area contributed by atoms with Crippen LogP contribution in [-0.4, -0.2) is 17.1 Å². The van der Waals surface area contributed by atoms with Gasteiger partial charge in [0.15, 0.2) is 12.2 Å². The number of benzene rings is 2. The van der Waals surface area contributed by atoms with Crippen LogP contribution in [0.5, 0.6) is 0 Å². The molecule has 4 nitrogen and oxygen atoms in total. The first-order valence-electron chi connectivity index (χ1n) is 7.36. The Balaban J connectivity index is 1.60. The summed E-state index contributed by atoms with van der Waals surface area (Å²) < 4.78 is 5.23. The van der Waals surface area contributed by atoms with Gasteiger partial charge in [-0.05, 0) is 54.3 Å². The number of nitrogens with zero attached hydrogens (tertiary/aromatic N) is 1. The lowest BCUT2D eigenvalue weighted by atomic mass is 10.1. The average Bonchev–Trinajstić information content (AvgIpc) is 3.16. The number of rotatable bonds is 5. The van der Waals surface area contributed by atoms with E-state index < -0.39 is 0 Å². The van der Waals surface area contributed by atoms with Gasteiger partial charge < -0.3 is 9.73 Å². The molecule has 0 radical (unpaired) electrons. The topological polar surface area (TPSA) is 55.1 Å². The molecule has 120 valence electrons. The van der Waals surface area contributed by atoms with Crippen molar-refractivity contribution in [2.75, 3.05) is 11.6 Å². The van der Waals surface area contributed by atoms with Crippen LogP contribution >= 0.6 is 11.8 Å². The molecule has 1 amide bonds. The quantitative estimate of drug-likeness (QED) is 0.541. The Morgan fingerprint density at radius 1 is 1.12 bits per heavy atom. The fraction of sp³-hybridized carbons (Fsp3) is 0.0526. The van der Waals surface area contributed by atoms with Crippen LogP contribution in [0.25, 0.3) is 17.4 Å². The van der Waals surface area contributed by atoms with E-state index in [1.165, 1.54) is 17.4 Å². The zero-order chi connectivity index (χ0) is 16.8. The Hall–Kier alpha value is -2.79. The Bertz CT molecular complexity index is 823. The molecule has 0 saturated carbocycles. The average molecular weight is 336 g/mol. The first kappa shape index (κ1) is 16.1. The number of aromatic nitrogens is 1. The van der Waals surface area contributed by atoms with Crippen molar-refractivity contribution in [2.45, 2.75) is 4.90 Å². The molecule has 0 bridgehead atoms. The molecule has 0 atom stereocenters. The largest absolute Gasteiger partial charge is 0.444 e. The van der Waals surface area contributed by atoms with E-state index in [1.807, 2.05) is 54.8 Å². The third-order valence-electron chi connectivity index (χ3n) is 3.41. The Labute approximate surface area is 144 Å². The third-order valence-corrected chi connectivity index (χ3v) is 4.16. The van der Waals surface area contributed by atoms with E-state index >= 15 is 0 Å². The van der Waals surface area contributed by atoms with Crippen LogP contribution in [0, 0.1) is 0 Å². The van der Waals surface area contributed by atoms with Crippen molar-refractivity contribution in [2.24, 2.45) is 0 Å². The van der Waals surface area contributed by atoms with Gasteiger partial charge in [-0.1, -0.05) is 12.1 Å². The standard InChI is InChI=1S/C19H16N2O2S/c1-24-17-9-2-14(3-10-17)4-11-19(22)21-16-7-5-15(6-8-16)18-12-20-13-23-18/h2-13H,1H3,(H,21,22)/b11-4+. The van der Waals surface area contributed by atoms with Gasteiger partial charge in [0.1, 0.15) is 0 Å². The van der Waals surface area contributed by atoms with Crippen LogP contribution in [-0.2, 0) is 4.79 Å². The highest BCUT2D eigenvalue weighted by Crippen LogP contribution is 2.20. The number of anilines is 1. The van der Waals surface area contributed by atoms with Crippen molar-refractivity contribution in [1.29, 1.82) is 0 Å². The monoisotopic (exact) mass is 336 g/mol. The third kappa shape index (κ3) is 4.14. The van der Waals surface area contributed by atoms with Gasteiger partial charge in [0, 0.05) is 22.2 Å². The highest BCUT2D eigenvalue weighted by atomic mass is 32.2. The minimum atomic E-state index is -0.170. The smallest absolute Gasteiger partial charge is 0.248 e. The molecule has 0 aliphatic heterocycles. The van der Waals surface area contributed by atoms with Crippen LogP contribution in [0.1, 0.15) is 5.56 Å². The van der Waals surface area contributed by atoms with Crippen molar-refractivity contribution < 1.29 is 9.21 Å². The molecule has 5 heteroatoms. The minimum absolute atomic E-state index is 0.170. The van der Waals surface area contributed by atoms with E-state index in [0.717, 1.165) is 16.8 Å². The molecular formula is C19H16N2O2S. The predicted molar refractivity (Wildman–Crippen MR) is 97.8 cm³/mol. The number of amides is 1. The van der Waals surface area contributed by atoms with E-state index in [9.17, 15) is 4.79 Å². The molecule has 1 N–H and O–H groups in total. The van der Waals surface area contributed by atoms with Crippen molar-refractivity contribution in [3.8, 4) is 11.3 Å². The zero-order valence-electron chi connectivity index (χ0n) is 13.1. The van der Waals surface area contributed by atoms with Gasteiger partial charge in [0.2, 0.25) is 5.91 Å². The van der Waals surface area contributed by atoms with Gasteiger partial charge in [0.25, 0.3) is 0 Å². The number of oxazole rings is 1. The summed E-state index contributed by atoms with van der Waals surface area (Å²) >= 11 is 1.69. The summed E-state index contributed by atoms with van der Waals surface area (Å²) in [6, 6.07) is 15.5. The minimum Gasteiger partial charge on any atom is -0.444 e. The van der Waals surface area contributed by atoms with E-state index in [1.54, 1.807) is 24.0 Å². The molecule has 2 aromatic carbocycles. The maximum atomic E-state index is 12.0. The molecule has 1 heterocycles. The molecule has 0 saturated heterocycles. The summed E-state index contributed by atoms with van der Waals surface area (Å²) in [5.41, 5.74) is 2.63. The molecule has 0 unspecified atom stereocenters. The lowest BCUT2D eigenvalue weighted by Crippen LogP contribution is -2.07. The first-order chi connectivity index (χ1) is 11.7. The molecule has 0 aliphatic rings. The molecule has 0 spiro atoms. The number of carbonyl (C=O) groups is 1. The second kappa shape index (κ2) is 7.66. The summed E-state index contributed by atoms with van der Waals surface area (Å²) in [5.74, 6) is 0.526. The number of hydrogen-bond acceptors (Lipinski definition) is 4. The van der Waals surface area contributed by atoms with E-state index in [4.69, 9.17) is 4.42 Å². The van der Waals surface area contributed by atoms with E-state index in [0.29, 0.717) is 5.76 Å². The van der Waals surface area contributed by atoms with Gasteiger partial charge in [0.05, 0.1) is 6.20 Å². The van der Waals surface area contributed by atoms with Crippen LogP contribution in [0.3, 0.4) is 0 Å². The number of thioether (sulfide) groups is 1. The van der Waals surface area contributed by atoms with Crippen LogP contribution in [0.2, 0.25) is 0 Å². The van der Waals surface area contributed by atoms with Crippen molar-refractivity contribution >= 4 is 29.4 Å². The van der Waals surface area contributed by atoms with E-state index in [2.05, 4.69) is 10.3 Å². The maximum absolute atomic E-state index is 12.0. The van der Waals surface area contributed by atoms with Crippen molar-refractivity contribution in [3.05, 3.63) is 72.8 Å². The molecule has 3 aromatic rings. The van der Waals surface area contributed by atoms with Gasteiger partial charge in [-0.25, -0.2) is 4.98 Å².